The third-order valence-electron chi connectivity index (χ3n) is 4.67. The Balaban J connectivity index is 1.63. The fourth-order valence-electron chi connectivity index (χ4n) is 3.25. The van der Waals surface area contributed by atoms with Crippen LogP contribution in [0.15, 0.2) is 24.5 Å². The number of hydrogen-bond donors (Lipinski definition) is 2. The highest BCUT2D eigenvalue weighted by atomic mass is 16.5. The predicted octanol–water partition coefficient (Wildman–Crippen LogP) is 2.72. The number of nitrogens with one attached hydrogen (secondary N) is 1. The molecule has 1 fully saturated rings. The summed E-state index contributed by atoms with van der Waals surface area (Å²) in [6, 6.07) is 5.94. The molecule has 0 amide bonds. The number of aromatic nitrogens is 2. The number of nitrogen functional groups attached to an aromatic ring is 1. The van der Waals surface area contributed by atoms with Gasteiger partial charge in [0.1, 0.15) is 12.0 Å². The van der Waals surface area contributed by atoms with Crippen molar-refractivity contribution in [2.45, 2.75) is 25.7 Å². The van der Waals surface area contributed by atoms with Gasteiger partial charge in [-0.1, -0.05) is 6.07 Å². The molecule has 2 heterocycles. The molecule has 7 heteroatoms. The van der Waals surface area contributed by atoms with Crippen molar-refractivity contribution in [1.82, 2.24) is 9.97 Å². The van der Waals surface area contributed by atoms with Gasteiger partial charge >= 0.3 is 0 Å². The maximum Gasteiger partial charge on any atom is 0.160 e. The van der Waals surface area contributed by atoms with E-state index in [-0.39, 0.29) is 0 Å². The molecule has 0 unspecified atom stereocenters. The summed E-state index contributed by atoms with van der Waals surface area (Å²) in [5.74, 6) is 3.00. The molecular weight excluding hydrogens is 330 g/mol. The number of piperidine rings is 1. The fourth-order valence-corrected chi connectivity index (χ4v) is 3.25. The number of methoxy groups -OCH3 is 2. The van der Waals surface area contributed by atoms with Crippen molar-refractivity contribution >= 4 is 17.3 Å². The van der Waals surface area contributed by atoms with Gasteiger partial charge in [0.2, 0.25) is 0 Å². The summed E-state index contributed by atoms with van der Waals surface area (Å²) < 4.78 is 10.6. The molecule has 1 aromatic heterocycles. The summed E-state index contributed by atoms with van der Waals surface area (Å²) in [5, 5.41) is 3.33. The monoisotopic (exact) mass is 357 g/mol. The zero-order valence-corrected chi connectivity index (χ0v) is 15.5. The predicted molar refractivity (Wildman–Crippen MR) is 104 cm³/mol. The highest BCUT2D eigenvalue weighted by Crippen LogP contribution is 2.29. The zero-order chi connectivity index (χ0) is 18.4. The lowest BCUT2D eigenvalue weighted by atomic mass is 10.1. The third-order valence-corrected chi connectivity index (χ3v) is 4.67. The summed E-state index contributed by atoms with van der Waals surface area (Å²) in [6.45, 7) is 2.73. The number of nitrogens with two attached hydrogens (primary N) is 1. The third kappa shape index (κ3) is 4.09. The molecule has 1 aliphatic rings. The second kappa shape index (κ2) is 8.60. The molecule has 0 atom stereocenters. The van der Waals surface area contributed by atoms with E-state index in [1.54, 1.807) is 20.5 Å². The van der Waals surface area contributed by atoms with Crippen LogP contribution in [-0.4, -0.2) is 43.8 Å². The normalized spacial score (nSPS) is 14.2. The van der Waals surface area contributed by atoms with E-state index in [1.165, 1.54) is 19.3 Å². The Morgan fingerprint density at radius 2 is 1.85 bits per heavy atom. The van der Waals surface area contributed by atoms with Gasteiger partial charge in [-0.25, -0.2) is 9.97 Å². The fraction of sp³-hybridized carbons (Fsp3) is 0.474. The lowest BCUT2D eigenvalue weighted by Gasteiger charge is -2.28. The van der Waals surface area contributed by atoms with Crippen LogP contribution in [0.25, 0.3) is 0 Å². The van der Waals surface area contributed by atoms with Gasteiger partial charge in [-0.15, -0.1) is 0 Å². The number of rotatable bonds is 7. The van der Waals surface area contributed by atoms with Gasteiger partial charge in [-0.2, -0.15) is 0 Å². The van der Waals surface area contributed by atoms with Crippen molar-refractivity contribution in [3.63, 3.8) is 0 Å². The first-order chi connectivity index (χ1) is 12.7. The van der Waals surface area contributed by atoms with Gasteiger partial charge in [0.05, 0.1) is 14.2 Å². The molecule has 0 bridgehead atoms. The first kappa shape index (κ1) is 18.1. The molecule has 0 aliphatic carbocycles. The smallest absolute Gasteiger partial charge is 0.160 e. The van der Waals surface area contributed by atoms with Crippen LogP contribution in [0.3, 0.4) is 0 Å². The summed E-state index contributed by atoms with van der Waals surface area (Å²) in [5.41, 5.74) is 8.09. The van der Waals surface area contributed by atoms with Crippen LogP contribution in [-0.2, 0) is 6.42 Å². The number of ether oxygens (including phenoxy) is 2. The first-order valence-corrected chi connectivity index (χ1v) is 9.03. The Morgan fingerprint density at radius 3 is 2.58 bits per heavy atom. The van der Waals surface area contributed by atoms with Crippen LogP contribution in [0.2, 0.25) is 0 Å². The molecule has 3 rings (SSSR count). The molecule has 7 nitrogen and oxygen atoms in total. The number of hydrogen-bond acceptors (Lipinski definition) is 7. The molecular formula is C19H27N5O2. The highest BCUT2D eigenvalue weighted by molar-refractivity contribution is 5.74. The van der Waals surface area contributed by atoms with Crippen molar-refractivity contribution in [3.8, 4) is 11.5 Å². The van der Waals surface area contributed by atoms with Crippen LogP contribution < -0.4 is 25.4 Å². The minimum atomic E-state index is 0.627. The minimum absolute atomic E-state index is 0.627. The average molecular weight is 357 g/mol. The molecule has 26 heavy (non-hydrogen) atoms. The average Bonchev–Trinajstić information content (AvgIpc) is 2.69. The molecule has 1 aromatic carbocycles. The van der Waals surface area contributed by atoms with Crippen LogP contribution in [0.1, 0.15) is 24.8 Å². The lowest BCUT2D eigenvalue weighted by Crippen LogP contribution is -2.31. The zero-order valence-electron chi connectivity index (χ0n) is 15.5. The van der Waals surface area contributed by atoms with Crippen LogP contribution in [0.5, 0.6) is 11.5 Å². The Hall–Kier alpha value is -2.70. The summed E-state index contributed by atoms with van der Waals surface area (Å²) in [7, 11) is 3.28. The molecule has 2 aromatic rings. The van der Waals surface area contributed by atoms with Crippen LogP contribution >= 0.6 is 0 Å². The van der Waals surface area contributed by atoms with Gasteiger partial charge in [0.15, 0.2) is 23.1 Å². The maximum atomic E-state index is 6.31. The van der Waals surface area contributed by atoms with Crippen LogP contribution in [0, 0.1) is 0 Å². The maximum absolute atomic E-state index is 6.31. The molecule has 1 saturated heterocycles. The van der Waals surface area contributed by atoms with E-state index in [0.29, 0.717) is 11.5 Å². The molecule has 0 saturated carbocycles. The second-order valence-corrected chi connectivity index (χ2v) is 6.37. The summed E-state index contributed by atoms with van der Waals surface area (Å²) in [6.07, 6.45) is 6.05. The van der Waals surface area contributed by atoms with Gasteiger partial charge < -0.3 is 25.4 Å². The van der Waals surface area contributed by atoms with E-state index in [0.717, 1.165) is 48.9 Å². The number of anilines is 3. The largest absolute Gasteiger partial charge is 0.493 e. The van der Waals surface area contributed by atoms with Crippen molar-refractivity contribution in [1.29, 1.82) is 0 Å². The minimum Gasteiger partial charge on any atom is -0.493 e. The molecule has 140 valence electrons. The van der Waals surface area contributed by atoms with E-state index in [9.17, 15) is 0 Å². The first-order valence-electron chi connectivity index (χ1n) is 9.03. The quantitative estimate of drug-likeness (QED) is 0.788. The second-order valence-electron chi connectivity index (χ2n) is 6.37. The summed E-state index contributed by atoms with van der Waals surface area (Å²) in [4.78, 5) is 10.9. The van der Waals surface area contributed by atoms with E-state index in [4.69, 9.17) is 15.2 Å². The van der Waals surface area contributed by atoms with Gasteiger partial charge in [0, 0.05) is 19.6 Å². The van der Waals surface area contributed by atoms with Crippen molar-refractivity contribution in [3.05, 3.63) is 30.1 Å². The molecule has 1 aliphatic heterocycles. The van der Waals surface area contributed by atoms with Crippen molar-refractivity contribution in [2.24, 2.45) is 0 Å². The van der Waals surface area contributed by atoms with Crippen LogP contribution in [0.4, 0.5) is 17.3 Å². The van der Waals surface area contributed by atoms with Gasteiger partial charge in [-0.05, 0) is 43.4 Å². The van der Waals surface area contributed by atoms with E-state index in [1.807, 2.05) is 18.2 Å². The standard InChI is InChI=1S/C19H27N5O2/c1-25-15-7-6-14(12-16(15)26-2)8-9-21-18-17(20)19(23-13-22-18)24-10-4-3-5-11-24/h6-7,12-13H,3-5,8-11,20H2,1-2H3,(H,21,22,23). The highest BCUT2D eigenvalue weighted by Gasteiger charge is 2.17. The van der Waals surface area contributed by atoms with Gasteiger partial charge in [0.25, 0.3) is 0 Å². The van der Waals surface area contributed by atoms with E-state index >= 15 is 0 Å². The number of benzene rings is 1. The van der Waals surface area contributed by atoms with E-state index in [2.05, 4.69) is 20.2 Å². The Labute approximate surface area is 154 Å². The molecule has 0 radical (unpaired) electrons. The lowest BCUT2D eigenvalue weighted by molar-refractivity contribution is 0.354. The Morgan fingerprint density at radius 1 is 1.08 bits per heavy atom. The molecule has 0 spiro atoms. The molecule has 3 N–H and O–H groups in total. The number of nitrogens with zero attached hydrogens (tertiary/aromatic N) is 3. The SMILES string of the molecule is COc1ccc(CCNc2ncnc(N3CCCCC3)c2N)cc1OC. The summed E-state index contributed by atoms with van der Waals surface area (Å²) >= 11 is 0. The van der Waals surface area contributed by atoms with Crippen molar-refractivity contribution in [2.75, 3.05) is 49.8 Å². The van der Waals surface area contributed by atoms with Crippen molar-refractivity contribution < 1.29 is 9.47 Å². The Bertz CT molecular complexity index is 732. The topological polar surface area (TPSA) is 85.5 Å². The van der Waals surface area contributed by atoms with Gasteiger partial charge in [-0.3, -0.25) is 0 Å². The van der Waals surface area contributed by atoms with E-state index < -0.39 is 0 Å². The Kier molecular flexibility index (Phi) is 5.99.